The van der Waals surface area contributed by atoms with Gasteiger partial charge in [-0.25, -0.2) is 9.82 Å². The third-order valence-electron chi connectivity index (χ3n) is 5.03. The number of nitrogens with one attached hydrogen (secondary N) is 2. The largest absolute Gasteiger partial charge is 0.493 e. The molecule has 2 saturated heterocycles. The molecule has 0 aliphatic carbocycles. The number of halogens is 1. The monoisotopic (exact) mass is 349 g/mol. The van der Waals surface area contributed by atoms with Gasteiger partial charge in [0.25, 0.3) is 0 Å². The average molecular weight is 349 g/mol. The number of piperidine rings is 1. The summed E-state index contributed by atoms with van der Waals surface area (Å²) >= 11 is 0. The van der Waals surface area contributed by atoms with Crippen molar-refractivity contribution in [1.82, 2.24) is 15.8 Å². The lowest BCUT2D eigenvalue weighted by Crippen LogP contribution is -2.49. The third-order valence-corrected chi connectivity index (χ3v) is 5.03. The molecular weight excluding hydrogens is 321 g/mol. The van der Waals surface area contributed by atoms with E-state index in [0.29, 0.717) is 30.9 Å². The van der Waals surface area contributed by atoms with E-state index in [1.807, 2.05) is 4.90 Å². The zero-order valence-corrected chi connectivity index (χ0v) is 14.8. The topological polar surface area (TPSA) is 53.6 Å². The number of amides is 1. The first-order valence-corrected chi connectivity index (χ1v) is 9.34. The van der Waals surface area contributed by atoms with Crippen LogP contribution in [0.1, 0.15) is 39.0 Å². The number of carbonyl (C=O) groups excluding carboxylic acids is 1. The minimum Gasteiger partial charge on any atom is -0.493 e. The standard InChI is InChI=1S/C19H28FN3O2/c1-2-5-16-11-18(22-21-16)19(24)23-9-4-6-14(12-23)13-25-17-8-3-7-15(20)10-17/h3,7-8,10,14,16,18,21-22H,2,4-6,9,11-13H2,1H3. The van der Waals surface area contributed by atoms with Gasteiger partial charge < -0.3 is 9.64 Å². The number of likely N-dealkylation sites (tertiary alicyclic amines) is 1. The molecule has 25 heavy (non-hydrogen) atoms. The van der Waals surface area contributed by atoms with Gasteiger partial charge in [-0.05, 0) is 37.8 Å². The van der Waals surface area contributed by atoms with Gasteiger partial charge in [0, 0.05) is 31.1 Å². The van der Waals surface area contributed by atoms with Crippen LogP contribution in [0.25, 0.3) is 0 Å². The molecule has 0 aromatic heterocycles. The Morgan fingerprint density at radius 3 is 3.08 bits per heavy atom. The third kappa shape index (κ3) is 4.92. The predicted molar refractivity (Wildman–Crippen MR) is 94.6 cm³/mol. The van der Waals surface area contributed by atoms with Crippen LogP contribution in [-0.2, 0) is 4.79 Å². The Bertz CT molecular complexity index is 584. The Morgan fingerprint density at radius 2 is 2.28 bits per heavy atom. The van der Waals surface area contributed by atoms with Crippen molar-refractivity contribution in [2.24, 2.45) is 5.92 Å². The predicted octanol–water partition coefficient (Wildman–Crippen LogP) is 2.48. The van der Waals surface area contributed by atoms with Gasteiger partial charge in [-0.3, -0.25) is 10.2 Å². The molecule has 1 aromatic carbocycles. The summed E-state index contributed by atoms with van der Waals surface area (Å²) in [7, 11) is 0. The SMILES string of the molecule is CCCC1CC(C(=O)N2CCCC(COc3cccc(F)c3)C2)NN1. The Labute approximate surface area is 148 Å². The van der Waals surface area contributed by atoms with E-state index in [9.17, 15) is 9.18 Å². The highest BCUT2D eigenvalue weighted by molar-refractivity contribution is 5.82. The highest BCUT2D eigenvalue weighted by Gasteiger charge is 2.33. The van der Waals surface area contributed by atoms with Crippen LogP contribution in [0.15, 0.2) is 24.3 Å². The van der Waals surface area contributed by atoms with Gasteiger partial charge in [0.1, 0.15) is 17.6 Å². The molecule has 2 aliphatic rings. The van der Waals surface area contributed by atoms with E-state index in [2.05, 4.69) is 17.8 Å². The van der Waals surface area contributed by atoms with E-state index < -0.39 is 0 Å². The molecule has 2 aliphatic heterocycles. The molecule has 2 heterocycles. The van der Waals surface area contributed by atoms with Crippen molar-refractivity contribution < 1.29 is 13.9 Å². The Kier molecular flexibility index (Phi) is 6.26. The smallest absolute Gasteiger partial charge is 0.241 e. The first-order valence-electron chi connectivity index (χ1n) is 9.34. The molecule has 0 bridgehead atoms. The lowest BCUT2D eigenvalue weighted by Gasteiger charge is -2.34. The summed E-state index contributed by atoms with van der Waals surface area (Å²) in [4.78, 5) is 14.7. The van der Waals surface area contributed by atoms with Gasteiger partial charge in [0.05, 0.1) is 6.61 Å². The molecule has 3 rings (SSSR count). The highest BCUT2D eigenvalue weighted by Crippen LogP contribution is 2.21. The maximum Gasteiger partial charge on any atom is 0.241 e. The molecule has 2 N–H and O–H groups in total. The van der Waals surface area contributed by atoms with Crippen LogP contribution in [0, 0.1) is 11.7 Å². The van der Waals surface area contributed by atoms with Gasteiger partial charge in [-0.2, -0.15) is 0 Å². The number of hydrazine groups is 1. The minimum absolute atomic E-state index is 0.126. The fraction of sp³-hybridized carbons (Fsp3) is 0.632. The first-order chi connectivity index (χ1) is 12.2. The number of rotatable bonds is 6. The zero-order chi connectivity index (χ0) is 17.6. The van der Waals surface area contributed by atoms with Crippen LogP contribution in [0.3, 0.4) is 0 Å². The Morgan fingerprint density at radius 1 is 1.40 bits per heavy atom. The lowest BCUT2D eigenvalue weighted by molar-refractivity contribution is -0.135. The fourth-order valence-electron chi connectivity index (χ4n) is 3.71. The second kappa shape index (κ2) is 8.63. The summed E-state index contributed by atoms with van der Waals surface area (Å²) in [6, 6.07) is 6.47. The number of hydrogen-bond acceptors (Lipinski definition) is 4. The summed E-state index contributed by atoms with van der Waals surface area (Å²) in [6.45, 7) is 4.20. The summed E-state index contributed by atoms with van der Waals surface area (Å²) in [5.74, 6) is 0.732. The zero-order valence-electron chi connectivity index (χ0n) is 14.8. The van der Waals surface area contributed by atoms with E-state index >= 15 is 0 Å². The van der Waals surface area contributed by atoms with Crippen LogP contribution in [0.2, 0.25) is 0 Å². The average Bonchev–Trinajstić information content (AvgIpc) is 3.09. The normalized spacial score (nSPS) is 26.6. The van der Waals surface area contributed by atoms with Gasteiger partial charge in [-0.1, -0.05) is 19.4 Å². The molecule has 3 unspecified atom stereocenters. The fourth-order valence-corrected chi connectivity index (χ4v) is 3.71. The van der Waals surface area contributed by atoms with Crippen LogP contribution >= 0.6 is 0 Å². The van der Waals surface area contributed by atoms with Crippen molar-refractivity contribution in [3.8, 4) is 5.75 Å². The van der Waals surface area contributed by atoms with Crippen molar-refractivity contribution in [3.05, 3.63) is 30.1 Å². The van der Waals surface area contributed by atoms with Gasteiger partial charge in [-0.15, -0.1) is 0 Å². The highest BCUT2D eigenvalue weighted by atomic mass is 19.1. The second-order valence-corrected chi connectivity index (χ2v) is 7.12. The van der Waals surface area contributed by atoms with Crippen molar-refractivity contribution in [1.29, 1.82) is 0 Å². The second-order valence-electron chi connectivity index (χ2n) is 7.12. The van der Waals surface area contributed by atoms with E-state index in [-0.39, 0.29) is 17.8 Å². The minimum atomic E-state index is -0.292. The molecule has 0 spiro atoms. The number of benzene rings is 1. The van der Waals surface area contributed by atoms with E-state index in [0.717, 1.165) is 38.6 Å². The van der Waals surface area contributed by atoms with Crippen LogP contribution in [-0.4, -0.2) is 42.6 Å². The Balaban J connectivity index is 1.48. The maximum atomic E-state index is 13.2. The molecule has 1 amide bonds. The molecule has 5 nitrogen and oxygen atoms in total. The maximum absolute atomic E-state index is 13.2. The van der Waals surface area contributed by atoms with E-state index in [1.165, 1.54) is 12.1 Å². The molecule has 6 heteroatoms. The summed E-state index contributed by atoms with van der Waals surface area (Å²) in [6.07, 6.45) is 5.08. The van der Waals surface area contributed by atoms with Gasteiger partial charge in [0.15, 0.2) is 0 Å². The molecule has 2 fully saturated rings. The molecule has 138 valence electrons. The van der Waals surface area contributed by atoms with Crippen molar-refractivity contribution in [2.75, 3.05) is 19.7 Å². The molecule has 0 radical (unpaired) electrons. The number of ether oxygens (including phenoxy) is 1. The first kappa shape index (κ1) is 18.1. The number of hydrogen-bond donors (Lipinski definition) is 2. The van der Waals surface area contributed by atoms with Crippen molar-refractivity contribution >= 4 is 5.91 Å². The van der Waals surface area contributed by atoms with Crippen molar-refractivity contribution in [2.45, 2.75) is 51.1 Å². The molecule has 3 atom stereocenters. The number of carbonyl (C=O) groups is 1. The van der Waals surface area contributed by atoms with Gasteiger partial charge >= 0.3 is 0 Å². The Hall–Kier alpha value is -1.66. The van der Waals surface area contributed by atoms with Crippen LogP contribution in [0.4, 0.5) is 4.39 Å². The lowest BCUT2D eigenvalue weighted by atomic mass is 9.97. The van der Waals surface area contributed by atoms with Crippen molar-refractivity contribution in [3.63, 3.8) is 0 Å². The van der Waals surface area contributed by atoms with E-state index in [1.54, 1.807) is 12.1 Å². The van der Waals surface area contributed by atoms with Gasteiger partial charge in [0.2, 0.25) is 5.91 Å². The van der Waals surface area contributed by atoms with Crippen LogP contribution in [0.5, 0.6) is 5.75 Å². The van der Waals surface area contributed by atoms with E-state index in [4.69, 9.17) is 4.74 Å². The summed E-state index contributed by atoms with van der Waals surface area (Å²) < 4.78 is 18.9. The molecule has 1 aromatic rings. The quantitative estimate of drug-likeness (QED) is 0.828. The van der Waals surface area contributed by atoms with Crippen LogP contribution < -0.4 is 15.6 Å². The molecular formula is C19H28FN3O2. The summed E-state index contributed by atoms with van der Waals surface area (Å²) in [5, 5.41) is 0. The molecule has 0 saturated carbocycles. The number of nitrogens with zero attached hydrogens (tertiary/aromatic N) is 1. The summed E-state index contributed by atoms with van der Waals surface area (Å²) in [5.41, 5.74) is 6.39.